The second-order valence-electron chi connectivity index (χ2n) is 4.38. The molecule has 1 saturated heterocycles. The van der Waals surface area contributed by atoms with Crippen LogP contribution in [0.4, 0.5) is 18.9 Å². The zero-order valence-electron chi connectivity index (χ0n) is 10.3. The topological polar surface area (TPSA) is 24.5 Å². The van der Waals surface area contributed by atoms with E-state index in [-0.39, 0.29) is 5.75 Å². The SMILES string of the molecule is CNC1CCN(c2ccc(Br)cc2OC(F)(F)F)C1. The van der Waals surface area contributed by atoms with Gasteiger partial charge in [-0.15, -0.1) is 13.2 Å². The molecule has 1 fully saturated rings. The van der Waals surface area contributed by atoms with Gasteiger partial charge in [0.2, 0.25) is 0 Å². The molecule has 1 aromatic carbocycles. The van der Waals surface area contributed by atoms with Crippen LogP contribution in [0, 0.1) is 0 Å². The van der Waals surface area contributed by atoms with Gasteiger partial charge in [0.15, 0.2) is 5.75 Å². The van der Waals surface area contributed by atoms with Crippen molar-refractivity contribution in [1.29, 1.82) is 0 Å². The van der Waals surface area contributed by atoms with Crippen LogP contribution in [0.25, 0.3) is 0 Å². The number of hydrogen-bond donors (Lipinski definition) is 1. The monoisotopic (exact) mass is 338 g/mol. The summed E-state index contributed by atoms with van der Waals surface area (Å²) in [4.78, 5) is 1.90. The first kappa shape index (κ1) is 14.5. The van der Waals surface area contributed by atoms with Crippen molar-refractivity contribution >= 4 is 21.6 Å². The smallest absolute Gasteiger partial charge is 0.404 e. The Hall–Kier alpha value is -0.950. The lowest BCUT2D eigenvalue weighted by Crippen LogP contribution is -2.30. The molecular formula is C12H14BrF3N2O. The van der Waals surface area contributed by atoms with Gasteiger partial charge in [-0.1, -0.05) is 15.9 Å². The summed E-state index contributed by atoms with van der Waals surface area (Å²) in [5, 5.41) is 3.13. The Kier molecular flexibility index (Phi) is 4.25. The molecular weight excluding hydrogens is 325 g/mol. The molecule has 1 unspecified atom stereocenters. The summed E-state index contributed by atoms with van der Waals surface area (Å²) in [6, 6.07) is 4.99. The number of halogens is 4. The molecule has 1 atom stereocenters. The Morgan fingerprint density at radius 2 is 2.16 bits per heavy atom. The van der Waals surface area contributed by atoms with Gasteiger partial charge < -0.3 is 15.0 Å². The van der Waals surface area contributed by atoms with Crippen molar-refractivity contribution in [1.82, 2.24) is 5.32 Å². The number of likely N-dealkylation sites (N-methyl/N-ethyl adjacent to an activating group) is 1. The second kappa shape index (κ2) is 5.58. The Bertz CT molecular complexity index is 453. The number of alkyl halides is 3. The van der Waals surface area contributed by atoms with E-state index in [0.717, 1.165) is 6.42 Å². The number of rotatable bonds is 3. The zero-order valence-corrected chi connectivity index (χ0v) is 11.9. The average molecular weight is 339 g/mol. The van der Waals surface area contributed by atoms with E-state index in [0.29, 0.717) is 29.3 Å². The maximum atomic E-state index is 12.4. The summed E-state index contributed by atoms with van der Waals surface area (Å²) in [7, 11) is 1.85. The van der Waals surface area contributed by atoms with Gasteiger partial charge in [0.1, 0.15) is 0 Å². The number of ether oxygens (including phenoxy) is 1. The van der Waals surface area contributed by atoms with Crippen molar-refractivity contribution in [2.45, 2.75) is 18.8 Å². The number of anilines is 1. The van der Waals surface area contributed by atoms with Crippen LogP contribution in [0.5, 0.6) is 5.75 Å². The van der Waals surface area contributed by atoms with E-state index in [1.807, 2.05) is 11.9 Å². The average Bonchev–Trinajstić information content (AvgIpc) is 2.75. The Morgan fingerprint density at radius 3 is 2.74 bits per heavy atom. The number of benzene rings is 1. The van der Waals surface area contributed by atoms with Crippen molar-refractivity contribution in [3.63, 3.8) is 0 Å². The molecule has 1 aromatic rings. The summed E-state index contributed by atoms with van der Waals surface area (Å²) in [5.41, 5.74) is 0.471. The van der Waals surface area contributed by atoms with Crippen LogP contribution in [0.1, 0.15) is 6.42 Å². The fourth-order valence-electron chi connectivity index (χ4n) is 2.17. The highest BCUT2D eigenvalue weighted by Gasteiger charge is 2.33. The molecule has 0 aromatic heterocycles. The third kappa shape index (κ3) is 3.76. The van der Waals surface area contributed by atoms with Crippen LogP contribution >= 0.6 is 15.9 Å². The molecule has 3 nitrogen and oxygen atoms in total. The van der Waals surface area contributed by atoms with Crippen LogP contribution in [0.3, 0.4) is 0 Å². The van der Waals surface area contributed by atoms with E-state index in [1.54, 1.807) is 12.1 Å². The van der Waals surface area contributed by atoms with Gasteiger partial charge in [0.05, 0.1) is 5.69 Å². The van der Waals surface area contributed by atoms with Gasteiger partial charge in [-0.25, -0.2) is 0 Å². The standard InChI is InChI=1S/C12H14BrF3N2O/c1-17-9-4-5-18(7-9)10-3-2-8(13)6-11(10)19-12(14,15)16/h2-3,6,9,17H,4-5,7H2,1H3. The molecule has 0 amide bonds. The minimum atomic E-state index is -4.68. The Labute approximate surface area is 117 Å². The summed E-state index contributed by atoms with van der Waals surface area (Å²) in [5.74, 6) is -0.168. The van der Waals surface area contributed by atoms with Gasteiger partial charge in [0, 0.05) is 23.6 Å². The molecule has 19 heavy (non-hydrogen) atoms. The first-order valence-corrected chi connectivity index (χ1v) is 6.66. The maximum Gasteiger partial charge on any atom is 0.573 e. The van der Waals surface area contributed by atoms with Crippen LogP contribution < -0.4 is 15.0 Å². The highest BCUT2D eigenvalue weighted by atomic mass is 79.9. The number of nitrogens with one attached hydrogen (secondary N) is 1. The predicted molar refractivity (Wildman–Crippen MR) is 70.5 cm³/mol. The molecule has 106 valence electrons. The predicted octanol–water partition coefficient (Wildman–Crippen LogP) is 3.15. The minimum absolute atomic E-state index is 0.168. The van der Waals surface area contributed by atoms with Crippen LogP contribution in [-0.4, -0.2) is 32.5 Å². The summed E-state index contributed by atoms with van der Waals surface area (Å²) < 4.78 is 41.9. The minimum Gasteiger partial charge on any atom is -0.404 e. The van der Waals surface area contributed by atoms with Gasteiger partial charge in [-0.2, -0.15) is 0 Å². The lowest BCUT2D eigenvalue weighted by Gasteiger charge is -2.22. The molecule has 0 aliphatic carbocycles. The number of nitrogens with zero attached hydrogens (tertiary/aromatic N) is 1. The molecule has 0 bridgehead atoms. The summed E-state index contributed by atoms with van der Waals surface area (Å²) in [6.07, 6.45) is -3.78. The van der Waals surface area contributed by atoms with Crippen molar-refractivity contribution in [3.05, 3.63) is 22.7 Å². The van der Waals surface area contributed by atoms with Crippen LogP contribution in [0.2, 0.25) is 0 Å². The van der Waals surface area contributed by atoms with E-state index < -0.39 is 6.36 Å². The lowest BCUT2D eigenvalue weighted by atomic mass is 10.2. The zero-order chi connectivity index (χ0) is 14.0. The largest absolute Gasteiger partial charge is 0.573 e. The summed E-state index contributed by atoms with van der Waals surface area (Å²) >= 11 is 3.16. The molecule has 0 spiro atoms. The molecule has 1 aliphatic heterocycles. The molecule has 0 saturated carbocycles. The fraction of sp³-hybridized carbons (Fsp3) is 0.500. The molecule has 2 rings (SSSR count). The second-order valence-corrected chi connectivity index (χ2v) is 5.30. The van der Waals surface area contributed by atoms with Gasteiger partial charge in [-0.05, 0) is 31.7 Å². The molecule has 1 heterocycles. The van der Waals surface area contributed by atoms with Crippen molar-refractivity contribution in [2.75, 3.05) is 25.0 Å². The van der Waals surface area contributed by atoms with Gasteiger partial charge in [0.25, 0.3) is 0 Å². The summed E-state index contributed by atoms with van der Waals surface area (Å²) in [6.45, 7) is 1.38. The highest BCUT2D eigenvalue weighted by molar-refractivity contribution is 9.10. The van der Waals surface area contributed by atoms with E-state index in [9.17, 15) is 13.2 Å². The number of hydrogen-bond acceptors (Lipinski definition) is 3. The van der Waals surface area contributed by atoms with E-state index in [4.69, 9.17) is 0 Å². The third-order valence-electron chi connectivity index (χ3n) is 3.08. The Balaban J connectivity index is 2.24. The fourth-order valence-corrected chi connectivity index (χ4v) is 2.51. The van der Waals surface area contributed by atoms with E-state index in [1.165, 1.54) is 6.07 Å². The van der Waals surface area contributed by atoms with Crippen LogP contribution in [-0.2, 0) is 0 Å². The lowest BCUT2D eigenvalue weighted by molar-refractivity contribution is -0.274. The molecule has 7 heteroatoms. The van der Waals surface area contributed by atoms with Crippen molar-refractivity contribution in [3.8, 4) is 5.75 Å². The van der Waals surface area contributed by atoms with Crippen molar-refractivity contribution in [2.24, 2.45) is 0 Å². The Morgan fingerprint density at radius 1 is 1.42 bits per heavy atom. The molecule has 0 radical (unpaired) electrons. The van der Waals surface area contributed by atoms with Gasteiger partial charge in [-0.3, -0.25) is 0 Å². The quantitative estimate of drug-likeness (QED) is 0.916. The normalized spacial score (nSPS) is 19.8. The highest BCUT2D eigenvalue weighted by Crippen LogP contribution is 2.36. The molecule has 1 N–H and O–H groups in total. The van der Waals surface area contributed by atoms with Crippen molar-refractivity contribution < 1.29 is 17.9 Å². The molecule has 1 aliphatic rings. The van der Waals surface area contributed by atoms with Crippen LogP contribution in [0.15, 0.2) is 22.7 Å². The first-order valence-electron chi connectivity index (χ1n) is 5.86. The first-order chi connectivity index (χ1) is 8.89. The van der Waals surface area contributed by atoms with E-state index in [2.05, 4.69) is 26.0 Å². The van der Waals surface area contributed by atoms with Gasteiger partial charge >= 0.3 is 6.36 Å². The third-order valence-corrected chi connectivity index (χ3v) is 3.58. The maximum absolute atomic E-state index is 12.4. The van der Waals surface area contributed by atoms with E-state index >= 15 is 0 Å².